The Hall–Kier alpha value is -1.10. The summed E-state index contributed by atoms with van der Waals surface area (Å²) in [7, 11) is 2.09. The van der Waals surface area contributed by atoms with Gasteiger partial charge in [-0.25, -0.2) is 0 Å². The van der Waals surface area contributed by atoms with Crippen LogP contribution < -0.4 is 5.32 Å². The molecule has 2 fully saturated rings. The first-order valence-corrected chi connectivity index (χ1v) is 6.40. The van der Waals surface area contributed by atoms with Crippen LogP contribution in [-0.2, 0) is 9.59 Å². The Morgan fingerprint density at radius 3 is 2.53 bits per heavy atom. The molecule has 1 unspecified atom stereocenters. The molecule has 2 heterocycles. The van der Waals surface area contributed by atoms with E-state index in [4.69, 9.17) is 0 Å². The predicted molar refractivity (Wildman–Crippen MR) is 64.5 cm³/mol. The molecule has 0 aromatic carbocycles. The van der Waals surface area contributed by atoms with Gasteiger partial charge in [-0.15, -0.1) is 0 Å². The second-order valence-electron chi connectivity index (χ2n) is 5.03. The molecule has 2 saturated heterocycles. The summed E-state index contributed by atoms with van der Waals surface area (Å²) in [5, 5.41) is 2.75. The average Bonchev–Trinajstić information content (AvgIpc) is 2.33. The van der Waals surface area contributed by atoms with Gasteiger partial charge in [0.05, 0.1) is 6.54 Å². The summed E-state index contributed by atoms with van der Waals surface area (Å²) in [6.07, 6.45) is 2.63. The predicted octanol–water partition coefficient (Wildman–Crippen LogP) is -0.182. The highest BCUT2D eigenvalue weighted by Crippen LogP contribution is 2.18. The van der Waals surface area contributed by atoms with Gasteiger partial charge < -0.3 is 15.1 Å². The molecule has 17 heavy (non-hydrogen) atoms. The molecule has 0 aromatic heterocycles. The number of carbonyl (C=O) groups excluding carboxylic acids is 2. The van der Waals surface area contributed by atoms with Crippen LogP contribution in [-0.4, -0.2) is 60.4 Å². The number of nitrogens with one attached hydrogen (secondary N) is 1. The van der Waals surface area contributed by atoms with Crippen molar-refractivity contribution in [2.45, 2.75) is 38.3 Å². The molecule has 0 saturated carbocycles. The van der Waals surface area contributed by atoms with Crippen molar-refractivity contribution in [1.82, 2.24) is 15.1 Å². The smallest absolute Gasteiger partial charge is 0.245 e. The fourth-order valence-electron chi connectivity index (χ4n) is 2.63. The molecule has 96 valence electrons. The fourth-order valence-corrected chi connectivity index (χ4v) is 2.63. The highest BCUT2D eigenvalue weighted by Gasteiger charge is 2.36. The maximum Gasteiger partial charge on any atom is 0.245 e. The molecule has 0 aliphatic carbocycles. The molecule has 0 radical (unpaired) electrons. The second kappa shape index (κ2) is 5.04. The lowest BCUT2D eigenvalue weighted by molar-refractivity contribution is -0.147. The van der Waals surface area contributed by atoms with Gasteiger partial charge in [0.2, 0.25) is 11.8 Å². The van der Waals surface area contributed by atoms with E-state index in [1.807, 2.05) is 6.92 Å². The number of piperidine rings is 1. The van der Waals surface area contributed by atoms with Gasteiger partial charge in [-0.1, -0.05) is 6.92 Å². The zero-order valence-corrected chi connectivity index (χ0v) is 10.6. The van der Waals surface area contributed by atoms with Gasteiger partial charge >= 0.3 is 0 Å². The molecule has 1 N–H and O–H groups in total. The highest BCUT2D eigenvalue weighted by molar-refractivity contribution is 5.94. The van der Waals surface area contributed by atoms with Gasteiger partial charge in [-0.05, 0) is 39.4 Å². The first kappa shape index (κ1) is 12.4. The van der Waals surface area contributed by atoms with Gasteiger partial charge in [0, 0.05) is 6.04 Å². The molecule has 2 amide bonds. The van der Waals surface area contributed by atoms with Crippen molar-refractivity contribution in [2.24, 2.45) is 0 Å². The van der Waals surface area contributed by atoms with Crippen LogP contribution in [0.15, 0.2) is 0 Å². The van der Waals surface area contributed by atoms with Crippen molar-refractivity contribution in [2.75, 3.05) is 26.7 Å². The van der Waals surface area contributed by atoms with E-state index in [2.05, 4.69) is 17.3 Å². The van der Waals surface area contributed by atoms with E-state index in [-0.39, 0.29) is 30.4 Å². The fraction of sp³-hybridized carbons (Fsp3) is 0.833. The van der Waals surface area contributed by atoms with Crippen molar-refractivity contribution in [3.8, 4) is 0 Å². The molecule has 2 rings (SSSR count). The number of hydrogen-bond acceptors (Lipinski definition) is 3. The molecule has 5 heteroatoms. The lowest BCUT2D eigenvalue weighted by Gasteiger charge is -2.41. The Labute approximate surface area is 102 Å². The third-order valence-electron chi connectivity index (χ3n) is 3.77. The number of nitrogens with zero attached hydrogens (tertiary/aromatic N) is 2. The van der Waals surface area contributed by atoms with Crippen molar-refractivity contribution in [1.29, 1.82) is 0 Å². The SMILES string of the molecule is CCC1NC(=O)CN(C2CCN(C)CC2)C1=O. The summed E-state index contributed by atoms with van der Waals surface area (Å²) in [5.74, 6) is 0.0806. The van der Waals surface area contributed by atoms with Gasteiger partial charge in [0.25, 0.3) is 0 Å². The van der Waals surface area contributed by atoms with Crippen LogP contribution in [0.4, 0.5) is 0 Å². The van der Waals surface area contributed by atoms with Crippen molar-refractivity contribution in [3.63, 3.8) is 0 Å². The maximum absolute atomic E-state index is 12.2. The largest absolute Gasteiger partial charge is 0.343 e. The van der Waals surface area contributed by atoms with Gasteiger partial charge in [0.1, 0.15) is 6.04 Å². The number of rotatable bonds is 2. The Morgan fingerprint density at radius 2 is 1.94 bits per heavy atom. The minimum Gasteiger partial charge on any atom is -0.343 e. The van der Waals surface area contributed by atoms with Crippen molar-refractivity contribution in [3.05, 3.63) is 0 Å². The molecule has 2 aliphatic heterocycles. The standard InChI is InChI=1S/C12H21N3O2/c1-3-10-12(17)15(8-11(16)13-10)9-4-6-14(2)7-5-9/h9-10H,3-8H2,1-2H3,(H,13,16). The van der Waals surface area contributed by atoms with E-state index in [0.717, 1.165) is 25.9 Å². The zero-order valence-electron chi connectivity index (χ0n) is 10.6. The quantitative estimate of drug-likeness (QED) is 0.727. The van der Waals surface area contributed by atoms with Crippen LogP contribution in [0.3, 0.4) is 0 Å². The number of piperazine rings is 1. The van der Waals surface area contributed by atoms with E-state index in [1.54, 1.807) is 4.90 Å². The zero-order chi connectivity index (χ0) is 12.4. The first-order valence-electron chi connectivity index (χ1n) is 6.40. The highest BCUT2D eigenvalue weighted by atomic mass is 16.2. The molecule has 0 bridgehead atoms. The third kappa shape index (κ3) is 2.60. The monoisotopic (exact) mass is 239 g/mol. The van der Waals surface area contributed by atoms with Crippen molar-refractivity contribution < 1.29 is 9.59 Å². The van der Waals surface area contributed by atoms with Gasteiger partial charge in [0.15, 0.2) is 0 Å². The van der Waals surface area contributed by atoms with Gasteiger partial charge in [-0.3, -0.25) is 9.59 Å². The number of carbonyl (C=O) groups is 2. The Bertz CT molecular complexity index is 311. The van der Waals surface area contributed by atoms with E-state index < -0.39 is 0 Å². The summed E-state index contributed by atoms with van der Waals surface area (Å²) in [4.78, 5) is 27.8. The molecule has 5 nitrogen and oxygen atoms in total. The van der Waals surface area contributed by atoms with Crippen LogP contribution in [0.1, 0.15) is 26.2 Å². The summed E-state index contributed by atoms with van der Waals surface area (Å²) < 4.78 is 0. The Kier molecular flexibility index (Phi) is 3.66. The maximum atomic E-state index is 12.2. The molecule has 1 atom stereocenters. The summed E-state index contributed by atoms with van der Waals surface area (Å²) >= 11 is 0. The number of amides is 2. The van der Waals surface area contributed by atoms with Crippen molar-refractivity contribution >= 4 is 11.8 Å². The first-order chi connectivity index (χ1) is 8.11. The molecular formula is C12H21N3O2. The molecular weight excluding hydrogens is 218 g/mol. The van der Waals surface area contributed by atoms with E-state index in [1.165, 1.54) is 0 Å². The number of likely N-dealkylation sites (tertiary alicyclic amines) is 1. The lowest BCUT2D eigenvalue weighted by atomic mass is 10.0. The van der Waals surface area contributed by atoms with Crippen LogP contribution in [0.25, 0.3) is 0 Å². The Balaban J connectivity index is 2.03. The summed E-state index contributed by atoms with van der Waals surface area (Å²) in [6.45, 7) is 4.18. The van der Waals surface area contributed by atoms with Crippen LogP contribution >= 0.6 is 0 Å². The summed E-state index contributed by atoms with van der Waals surface area (Å²) in [6, 6.07) is -0.0605. The lowest BCUT2D eigenvalue weighted by Crippen LogP contribution is -2.61. The minimum atomic E-state index is -0.309. The average molecular weight is 239 g/mol. The van der Waals surface area contributed by atoms with Crippen LogP contribution in [0.5, 0.6) is 0 Å². The molecule has 2 aliphatic rings. The second-order valence-corrected chi connectivity index (χ2v) is 5.03. The third-order valence-corrected chi connectivity index (χ3v) is 3.77. The van der Waals surface area contributed by atoms with Gasteiger partial charge in [-0.2, -0.15) is 0 Å². The topological polar surface area (TPSA) is 52.7 Å². The summed E-state index contributed by atoms with van der Waals surface area (Å²) in [5.41, 5.74) is 0. The van der Waals surface area contributed by atoms with E-state index in [9.17, 15) is 9.59 Å². The van der Waals surface area contributed by atoms with Crippen LogP contribution in [0, 0.1) is 0 Å². The Morgan fingerprint density at radius 1 is 1.29 bits per heavy atom. The molecule has 0 aromatic rings. The van der Waals surface area contributed by atoms with E-state index in [0.29, 0.717) is 6.42 Å². The molecule has 0 spiro atoms. The van der Waals surface area contributed by atoms with E-state index >= 15 is 0 Å². The number of hydrogen-bond donors (Lipinski definition) is 1. The minimum absolute atomic E-state index is 0.0182. The van der Waals surface area contributed by atoms with Crippen LogP contribution in [0.2, 0.25) is 0 Å². The normalized spacial score (nSPS) is 28.4.